The predicted octanol–water partition coefficient (Wildman–Crippen LogP) is 3.82. The first kappa shape index (κ1) is 22.2. The van der Waals surface area contributed by atoms with Crippen LogP contribution in [0.15, 0.2) is 24.8 Å². The average Bonchev–Trinajstić information content (AvgIpc) is 3.15. The van der Waals surface area contributed by atoms with Gasteiger partial charge in [-0.15, -0.1) is 0 Å². The first-order valence-corrected chi connectivity index (χ1v) is 10.3. The lowest BCUT2D eigenvalue weighted by molar-refractivity contribution is -0.139. The molecule has 1 unspecified atom stereocenters. The van der Waals surface area contributed by atoms with Gasteiger partial charge in [-0.05, 0) is 6.42 Å². The number of carbonyl (C=O) groups is 1. The Balaban J connectivity index is 1.67. The van der Waals surface area contributed by atoms with E-state index in [0.29, 0.717) is 0 Å². The van der Waals surface area contributed by atoms with Crippen LogP contribution in [0.2, 0.25) is 0 Å². The molecular formula is C21H17F5N6O2. The van der Waals surface area contributed by atoms with E-state index >= 15 is 4.39 Å². The normalized spacial score (nSPS) is 19.0. The summed E-state index contributed by atoms with van der Waals surface area (Å²) in [6, 6.07) is 0. The zero-order valence-corrected chi connectivity index (χ0v) is 17.5. The minimum absolute atomic E-state index is 0.0211. The molecule has 0 saturated heterocycles. The number of halogens is 5. The Morgan fingerprint density at radius 2 is 2.09 bits per heavy atom. The van der Waals surface area contributed by atoms with Crippen molar-refractivity contribution in [3.8, 4) is 11.3 Å². The number of alkyl halides is 4. The second-order valence-electron chi connectivity index (χ2n) is 8.23. The van der Waals surface area contributed by atoms with Gasteiger partial charge in [0.1, 0.15) is 17.6 Å². The largest absolute Gasteiger partial charge is 0.419 e. The fourth-order valence-electron chi connectivity index (χ4n) is 4.00. The van der Waals surface area contributed by atoms with Crippen LogP contribution in [0.3, 0.4) is 0 Å². The van der Waals surface area contributed by atoms with Crippen LogP contribution in [0.5, 0.6) is 0 Å². The second-order valence-corrected chi connectivity index (χ2v) is 8.23. The molecule has 3 N–H and O–H groups in total. The van der Waals surface area contributed by atoms with Gasteiger partial charge in [-0.2, -0.15) is 18.3 Å². The molecule has 0 radical (unpaired) electrons. The Morgan fingerprint density at radius 1 is 1.35 bits per heavy atom. The van der Waals surface area contributed by atoms with Gasteiger partial charge in [0, 0.05) is 35.2 Å². The van der Waals surface area contributed by atoms with E-state index in [0.717, 1.165) is 6.20 Å². The minimum atomic E-state index is -5.08. The number of nitrogens with one attached hydrogen (secondary N) is 2. The number of anilines is 1. The molecule has 3 atom stereocenters. The highest BCUT2D eigenvalue weighted by atomic mass is 19.4. The fraction of sp³-hybridized carbons (Fsp3) is 0.333. The van der Waals surface area contributed by atoms with Gasteiger partial charge in [0.15, 0.2) is 11.5 Å². The summed E-state index contributed by atoms with van der Waals surface area (Å²) in [7, 11) is 0. The van der Waals surface area contributed by atoms with Crippen LogP contribution < -0.4 is 5.32 Å². The number of rotatable bonds is 5. The number of benzene rings is 1. The number of aliphatic hydroxyl groups is 1. The van der Waals surface area contributed by atoms with Gasteiger partial charge in [0.25, 0.3) is 0 Å². The third-order valence-corrected chi connectivity index (χ3v) is 5.83. The maximum atomic E-state index is 15.3. The number of carbonyl (C=O) groups excluding carboxylic acids is 1. The highest BCUT2D eigenvalue weighted by molar-refractivity contribution is 5.98. The third kappa shape index (κ3) is 3.56. The highest BCUT2D eigenvalue weighted by Crippen LogP contribution is 2.45. The molecule has 0 bridgehead atoms. The Bertz CT molecular complexity index is 1430. The summed E-state index contributed by atoms with van der Waals surface area (Å²) >= 11 is 0. The smallest absolute Gasteiger partial charge is 0.396 e. The van der Waals surface area contributed by atoms with Gasteiger partial charge in [-0.1, -0.05) is 6.92 Å². The summed E-state index contributed by atoms with van der Waals surface area (Å²) < 4.78 is 72.0. The summed E-state index contributed by atoms with van der Waals surface area (Å²) in [5, 5.41) is 18.2. The number of nitrogens with zero attached hydrogens (tertiary/aromatic N) is 4. The van der Waals surface area contributed by atoms with Crippen molar-refractivity contribution in [3.05, 3.63) is 41.7 Å². The van der Waals surface area contributed by atoms with E-state index in [2.05, 4.69) is 25.5 Å². The van der Waals surface area contributed by atoms with Crippen LogP contribution in [-0.2, 0) is 11.0 Å². The number of aliphatic hydroxyl groups excluding tert-OH is 1. The quantitative estimate of drug-likeness (QED) is 0.377. The standard InChI is InChI=1S/C21H17F5N6O2/c1-8(7-33)15-18(23)17(21(24,25)26)16(10-3-28-31-19(10)15)12-5-32-6-13(29-14(32)4-27-12)30-20(34)9-2-11(9)22/h3-6,8-9,11,33H,2,7H2,1H3,(H,28,31)(H,30,34)/t8?,9-,11+/m1/s1. The van der Waals surface area contributed by atoms with E-state index < -0.39 is 53.6 Å². The molecule has 5 rings (SSSR count). The number of imidazole rings is 1. The number of aromatic amines is 1. The van der Waals surface area contributed by atoms with Crippen LogP contribution in [0.4, 0.5) is 27.8 Å². The SMILES string of the molecule is CC(CO)c1c(F)c(C(F)(F)F)c(-c2cn3cc(NC(=O)[C@@H]4C[C@@H]4F)nc3cn2)c2cn[nH]c12. The summed E-state index contributed by atoms with van der Waals surface area (Å²) in [6.07, 6.45) is -1.27. The molecule has 1 aliphatic rings. The van der Waals surface area contributed by atoms with Crippen molar-refractivity contribution in [1.82, 2.24) is 24.6 Å². The van der Waals surface area contributed by atoms with Crippen LogP contribution in [0, 0.1) is 11.7 Å². The predicted molar refractivity (Wildman–Crippen MR) is 110 cm³/mol. The van der Waals surface area contributed by atoms with Crippen LogP contribution >= 0.6 is 0 Å². The molecule has 1 saturated carbocycles. The fourth-order valence-corrected chi connectivity index (χ4v) is 4.00. The Hall–Kier alpha value is -3.61. The number of H-pyrrole nitrogens is 1. The zero-order valence-electron chi connectivity index (χ0n) is 17.5. The Labute approximate surface area is 187 Å². The van der Waals surface area contributed by atoms with Crippen LogP contribution in [0.1, 0.15) is 30.4 Å². The van der Waals surface area contributed by atoms with Gasteiger partial charge in [-0.25, -0.2) is 13.8 Å². The van der Waals surface area contributed by atoms with Gasteiger partial charge in [-0.3, -0.25) is 14.9 Å². The molecule has 1 fully saturated rings. The monoisotopic (exact) mass is 480 g/mol. The molecular weight excluding hydrogens is 463 g/mol. The van der Waals surface area contributed by atoms with Crippen LogP contribution in [0.25, 0.3) is 27.8 Å². The molecule has 3 heterocycles. The molecule has 34 heavy (non-hydrogen) atoms. The summed E-state index contributed by atoms with van der Waals surface area (Å²) in [5.41, 5.74) is -2.37. The minimum Gasteiger partial charge on any atom is -0.396 e. The van der Waals surface area contributed by atoms with Crippen molar-refractivity contribution in [1.29, 1.82) is 0 Å². The molecule has 178 valence electrons. The average molecular weight is 480 g/mol. The van der Waals surface area contributed by atoms with E-state index in [-0.39, 0.29) is 40.0 Å². The number of aromatic nitrogens is 5. The summed E-state index contributed by atoms with van der Waals surface area (Å²) in [5.74, 6) is -3.66. The lowest BCUT2D eigenvalue weighted by Gasteiger charge is -2.20. The molecule has 4 aromatic rings. The second kappa shape index (κ2) is 7.72. The summed E-state index contributed by atoms with van der Waals surface area (Å²) in [4.78, 5) is 20.1. The van der Waals surface area contributed by atoms with Crippen molar-refractivity contribution in [2.75, 3.05) is 11.9 Å². The van der Waals surface area contributed by atoms with Crippen molar-refractivity contribution < 1.29 is 31.9 Å². The first-order valence-electron chi connectivity index (χ1n) is 10.3. The van der Waals surface area contributed by atoms with Gasteiger partial charge < -0.3 is 14.8 Å². The van der Waals surface area contributed by atoms with Gasteiger partial charge in [0.2, 0.25) is 5.91 Å². The third-order valence-electron chi connectivity index (χ3n) is 5.83. The molecule has 13 heteroatoms. The molecule has 1 aromatic carbocycles. The van der Waals surface area contributed by atoms with Crippen molar-refractivity contribution >= 4 is 28.3 Å². The number of hydrogen-bond donors (Lipinski definition) is 3. The molecule has 8 nitrogen and oxygen atoms in total. The molecule has 0 aliphatic heterocycles. The van der Waals surface area contributed by atoms with E-state index in [1.807, 2.05) is 0 Å². The number of amides is 1. The maximum absolute atomic E-state index is 15.3. The van der Waals surface area contributed by atoms with Gasteiger partial charge in [0.05, 0.1) is 35.7 Å². The number of hydrogen-bond acceptors (Lipinski definition) is 5. The van der Waals surface area contributed by atoms with E-state index in [9.17, 15) is 27.5 Å². The molecule has 1 aliphatic carbocycles. The maximum Gasteiger partial charge on any atom is 0.419 e. The summed E-state index contributed by atoms with van der Waals surface area (Å²) in [6.45, 7) is 0.830. The zero-order chi connectivity index (χ0) is 24.4. The number of fused-ring (bicyclic) bond motifs is 2. The van der Waals surface area contributed by atoms with E-state index in [1.165, 1.54) is 29.9 Å². The molecule has 3 aromatic heterocycles. The molecule has 0 spiro atoms. The van der Waals surface area contributed by atoms with E-state index in [4.69, 9.17) is 0 Å². The van der Waals surface area contributed by atoms with Crippen molar-refractivity contribution in [2.45, 2.75) is 31.6 Å². The lowest BCUT2D eigenvalue weighted by Crippen LogP contribution is -2.15. The highest BCUT2D eigenvalue weighted by Gasteiger charge is 2.44. The Morgan fingerprint density at radius 3 is 2.74 bits per heavy atom. The lowest BCUT2D eigenvalue weighted by atomic mass is 9.90. The molecule has 1 amide bonds. The van der Waals surface area contributed by atoms with Crippen molar-refractivity contribution in [3.63, 3.8) is 0 Å². The Kier molecular flexibility index (Phi) is 5.04. The van der Waals surface area contributed by atoms with Crippen molar-refractivity contribution in [2.24, 2.45) is 5.92 Å². The van der Waals surface area contributed by atoms with Crippen LogP contribution in [-0.4, -0.2) is 48.4 Å². The first-order chi connectivity index (χ1) is 16.1. The topological polar surface area (TPSA) is 108 Å². The van der Waals surface area contributed by atoms with Gasteiger partial charge >= 0.3 is 6.18 Å². The van der Waals surface area contributed by atoms with E-state index in [1.54, 1.807) is 0 Å².